The first-order valence-corrected chi connectivity index (χ1v) is 5.13. The second-order valence-corrected chi connectivity index (χ2v) is 4.73. The van der Waals surface area contributed by atoms with E-state index in [2.05, 4.69) is 29.1 Å². The highest BCUT2D eigenvalue weighted by Crippen LogP contribution is 2.50. The third-order valence-electron chi connectivity index (χ3n) is 3.05. The molecule has 1 aliphatic rings. The summed E-state index contributed by atoms with van der Waals surface area (Å²) in [6, 6.07) is 0. The molecule has 0 aromatic carbocycles. The monoisotopic (exact) mass is 205 g/mol. The van der Waals surface area contributed by atoms with Crippen LogP contribution in [0.2, 0.25) is 0 Å². The molecular weight excluding hydrogens is 190 g/mol. The fourth-order valence-corrected chi connectivity index (χ4v) is 1.66. The second-order valence-electron chi connectivity index (χ2n) is 4.73. The topological polar surface area (TPSA) is 54.9 Å². The Labute approximate surface area is 89.1 Å². The van der Waals surface area contributed by atoms with Gasteiger partial charge in [0.05, 0.1) is 5.56 Å². The molecule has 1 atom stereocenters. The lowest BCUT2D eigenvalue weighted by molar-refractivity contribution is 0.0950. The summed E-state index contributed by atoms with van der Waals surface area (Å²) in [5.41, 5.74) is 0.927. The number of aromatic nitrogens is 2. The van der Waals surface area contributed by atoms with E-state index in [0.717, 1.165) is 6.54 Å². The van der Waals surface area contributed by atoms with E-state index >= 15 is 0 Å². The van der Waals surface area contributed by atoms with Crippen LogP contribution >= 0.6 is 0 Å². The maximum Gasteiger partial charge on any atom is 0.254 e. The summed E-state index contributed by atoms with van der Waals surface area (Å²) in [6.45, 7) is 5.19. The number of nitrogens with zero attached hydrogens (tertiary/aromatic N) is 2. The van der Waals surface area contributed by atoms with Crippen LogP contribution < -0.4 is 5.32 Å². The lowest BCUT2D eigenvalue weighted by atomic mass is 10.1. The smallest absolute Gasteiger partial charge is 0.254 e. The molecule has 1 N–H and O–H groups in total. The second kappa shape index (κ2) is 3.61. The van der Waals surface area contributed by atoms with Gasteiger partial charge in [0.2, 0.25) is 0 Å². The van der Waals surface area contributed by atoms with Crippen LogP contribution in [0.5, 0.6) is 0 Å². The van der Waals surface area contributed by atoms with Crippen molar-refractivity contribution in [1.82, 2.24) is 15.3 Å². The lowest BCUT2D eigenvalue weighted by Crippen LogP contribution is -2.26. The van der Waals surface area contributed by atoms with Crippen LogP contribution in [0, 0.1) is 11.3 Å². The maximum absolute atomic E-state index is 11.6. The first-order valence-electron chi connectivity index (χ1n) is 5.13. The highest BCUT2D eigenvalue weighted by Gasteiger charge is 2.45. The Balaban J connectivity index is 1.84. The molecule has 1 fully saturated rings. The summed E-state index contributed by atoms with van der Waals surface area (Å²) in [6.07, 6.45) is 5.67. The van der Waals surface area contributed by atoms with Crippen molar-refractivity contribution in [3.05, 3.63) is 24.3 Å². The predicted molar refractivity (Wildman–Crippen MR) is 56.3 cm³/mol. The van der Waals surface area contributed by atoms with Gasteiger partial charge in [0, 0.05) is 18.9 Å². The van der Waals surface area contributed by atoms with Crippen LogP contribution in [0.4, 0.5) is 0 Å². The average Bonchev–Trinajstić information content (AvgIpc) is 2.84. The molecule has 0 unspecified atom stereocenters. The van der Waals surface area contributed by atoms with E-state index in [-0.39, 0.29) is 5.91 Å². The highest BCUT2D eigenvalue weighted by molar-refractivity contribution is 5.93. The van der Waals surface area contributed by atoms with Crippen molar-refractivity contribution in [3.63, 3.8) is 0 Å². The molecule has 0 spiro atoms. The van der Waals surface area contributed by atoms with E-state index in [0.29, 0.717) is 16.9 Å². The van der Waals surface area contributed by atoms with Crippen molar-refractivity contribution in [1.29, 1.82) is 0 Å². The van der Waals surface area contributed by atoms with Gasteiger partial charge in [0.1, 0.15) is 6.33 Å². The molecule has 4 heteroatoms. The summed E-state index contributed by atoms with van der Waals surface area (Å²) < 4.78 is 0. The van der Waals surface area contributed by atoms with Crippen LogP contribution in [0.15, 0.2) is 18.7 Å². The molecule has 0 saturated heterocycles. The first kappa shape index (κ1) is 10.1. The summed E-state index contributed by atoms with van der Waals surface area (Å²) in [5, 5.41) is 2.90. The van der Waals surface area contributed by atoms with E-state index in [1.165, 1.54) is 25.1 Å². The van der Waals surface area contributed by atoms with Crippen LogP contribution in [-0.4, -0.2) is 22.4 Å². The van der Waals surface area contributed by atoms with Gasteiger partial charge in [-0.2, -0.15) is 0 Å². The zero-order valence-electron chi connectivity index (χ0n) is 9.03. The third kappa shape index (κ3) is 2.32. The number of carbonyl (C=O) groups is 1. The van der Waals surface area contributed by atoms with Gasteiger partial charge in [-0.1, -0.05) is 13.8 Å². The minimum absolute atomic E-state index is 0.0849. The molecule has 15 heavy (non-hydrogen) atoms. The van der Waals surface area contributed by atoms with Gasteiger partial charge in [0.25, 0.3) is 5.91 Å². The quantitative estimate of drug-likeness (QED) is 0.808. The molecule has 1 aromatic rings. The van der Waals surface area contributed by atoms with E-state index in [1.54, 1.807) is 0 Å². The Morgan fingerprint density at radius 1 is 1.53 bits per heavy atom. The molecule has 80 valence electrons. The van der Waals surface area contributed by atoms with Crippen molar-refractivity contribution in [2.75, 3.05) is 6.54 Å². The number of hydrogen-bond acceptors (Lipinski definition) is 3. The molecule has 1 aliphatic carbocycles. The Morgan fingerprint density at radius 3 is 2.67 bits per heavy atom. The molecule has 0 aliphatic heterocycles. The van der Waals surface area contributed by atoms with E-state index in [4.69, 9.17) is 0 Å². The van der Waals surface area contributed by atoms with Gasteiger partial charge in [-0.25, -0.2) is 9.97 Å². The maximum atomic E-state index is 11.6. The van der Waals surface area contributed by atoms with E-state index in [1.807, 2.05) is 0 Å². The molecule has 4 nitrogen and oxygen atoms in total. The Kier molecular flexibility index (Phi) is 2.42. The molecular formula is C11H15N3O. The largest absolute Gasteiger partial charge is 0.352 e. The van der Waals surface area contributed by atoms with Gasteiger partial charge >= 0.3 is 0 Å². The SMILES string of the molecule is CC1(C)C[C@H]1CNC(=O)c1cncnc1. The Bertz CT molecular complexity index is 361. The van der Waals surface area contributed by atoms with Gasteiger partial charge in [-0.05, 0) is 17.8 Å². The third-order valence-corrected chi connectivity index (χ3v) is 3.05. The van der Waals surface area contributed by atoms with Crippen molar-refractivity contribution < 1.29 is 4.79 Å². The summed E-state index contributed by atoms with van der Waals surface area (Å²) in [4.78, 5) is 19.2. The zero-order valence-corrected chi connectivity index (χ0v) is 9.03. The fraction of sp³-hybridized carbons (Fsp3) is 0.545. The van der Waals surface area contributed by atoms with Crippen LogP contribution in [0.3, 0.4) is 0 Å². The standard InChI is InChI=1S/C11H15N3O/c1-11(2)3-9(11)6-14-10(15)8-4-12-7-13-5-8/h4-5,7,9H,3,6H2,1-2H3,(H,14,15)/t9-/m0/s1. The lowest BCUT2D eigenvalue weighted by Gasteiger charge is -2.05. The Hall–Kier alpha value is -1.45. The van der Waals surface area contributed by atoms with Crippen LogP contribution in [0.25, 0.3) is 0 Å². The van der Waals surface area contributed by atoms with E-state index < -0.39 is 0 Å². The minimum Gasteiger partial charge on any atom is -0.352 e. The number of rotatable bonds is 3. The molecule has 0 radical (unpaired) electrons. The van der Waals surface area contributed by atoms with Gasteiger partial charge < -0.3 is 5.32 Å². The van der Waals surface area contributed by atoms with E-state index in [9.17, 15) is 4.79 Å². The number of hydrogen-bond donors (Lipinski definition) is 1. The number of nitrogens with one attached hydrogen (secondary N) is 1. The first-order chi connectivity index (χ1) is 7.09. The fourth-order valence-electron chi connectivity index (χ4n) is 1.66. The van der Waals surface area contributed by atoms with Gasteiger partial charge in [-0.3, -0.25) is 4.79 Å². The molecule has 2 rings (SSSR count). The molecule has 1 aromatic heterocycles. The Morgan fingerprint density at radius 2 is 2.13 bits per heavy atom. The average molecular weight is 205 g/mol. The zero-order chi connectivity index (χ0) is 10.9. The highest BCUT2D eigenvalue weighted by atomic mass is 16.1. The summed E-state index contributed by atoms with van der Waals surface area (Å²) in [7, 11) is 0. The summed E-state index contributed by atoms with van der Waals surface area (Å²) >= 11 is 0. The number of carbonyl (C=O) groups excluding carboxylic acids is 1. The van der Waals surface area contributed by atoms with Crippen molar-refractivity contribution in [3.8, 4) is 0 Å². The minimum atomic E-state index is -0.0849. The molecule has 1 amide bonds. The van der Waals surface area contributed by atoms with Crippen molar-refractivity contribution >= 4 is 5.91 Å². The van der Waals surface area contributed by atoms with Crippen LogP contribution in [-0.2, 0) is 0 Å². The van der Waals surface area contributed by atoms with Crippen LogP contribution in [0.1, 0.15) is 30.6 Å². The molecule has 1 heterocycles. The molecule has 1 saturated carbocycles. The van der Waals surface area contributed by atoms with Crippen molar-refractivity contribution in [2.45, 2.75) is 20.3 Å². The normalized spacial score (nSPS) is 22.1. The molecule has 0 bridgehead atoms. The predicted octanol–water partition coefficient (Wildman–Crippen LogP) is 1.25. The van der Waals surface area contributed by atoms with Gasteiger partial charge in [0.15, 0.2) is 0 Å². The summed E-state index contributed by atoms with van der Waals surface area (Å²) in [5.74, 6) is 0.532. The number of amides is 1. The van der Waals surface area contributed by atoms with Crippen molar-refractivity contribution in [2.24, 2.45) is 11.3 Å². The van der Waals surface area contributed by atoms with Gasteiger partial charge in [-0.15, -0.1) is 0 Å².